The molecule has 2 unspecified atom stereocenters. The van der Waals surface area contributed by atoms with Crippen molar-refractivity contribution in [1.29, 1.82) is 0 Å². The maximum absolute atomic E-state index is 11.5. The van der Waals surface area contributed by atoms with Crippen LogP contribution in [0.15, 0.2) is 0 Å². The van der Waals surface area contributed by atoms with E-state index in [4.69, 9.17) is 0 Å². The summed E-state index contributed by atoms with van der Waals surface area (Å²) >= 11 is 1.98. The van der Waals surface area contributed by atoms with E-state index in [0.717, 1.165) is 0 Å². The predicted molar refractivity (Wildman–Crippen MR) is 66.2 cm³/mol. The van der Waals surface area contributed by atoms with Crippen molar-refractivity contribution in [3.8, 4) is 0 Å². The number of hydrogen-bond donors (Lipinski definition) is 2. The third-order valence-corrected chi connectivity index (χ3v) is 3.74. The molecule has 1 heterocycles. The van der Waals surface area contributed by atoms with Crippen molar-refractivity contribution in [3.05, 3.63) is 0 Å². The first-order valence-corrected chi connectivity index (χ1v) is 6.59. The number of carbonyl (C=O) groups excluding carboxylic acids is 1. The van der Waals surface area contributed by atoms with Gasteiger partial charge in [-0.05, 0) is 32.9 Å². The second-order valence-corrected chi connectivity index (χ2v) is 6.64. The van der Waals surface area contributed by atoms with Gasteiger partial charge >= 0.3 is 0 Å². The molecule has 1 aliphatic rings. The Bertz CT molecular complexity index is 225. The van der Waals surface area contributed by atoms with Crippen molar-refractivity contribution in [2.75, 3.05) is 12.3 Å². The second-order valence-electron chi connectivity index (χ2n) is 5.15. The first kappa shape index (κ1) is 12.8. The summed E-state index contributed by atoms with van der Waals surface area (Å²) in [4.78, 5) is 11.5. The number of rotatable bonds is 3. The van der Waals surface area contributed by atoms with Crippen molar-refractivity contribution in [2.45, 2.75) is 50.9 Å². The summed E-state index contributed by atoms with van der Waals surface area (Å²) in [6.07, 6.45) is 1.18. The van der Waals surface area contributed by atoms with Gasteiger partial charge in [-0.3, -0.25) is 4.79 Å². The molecule has 1 fully saturated rings. The van der Waals surface area contributed by atoms with E-state index >= 15 is 0 Å². The first-order chi connectivity index (χ1) is 6.88. The van der Waals surface area contributed by atoms with Gasteiger partial charge in [-0.2, -0.15) is 11.8 Å². The minimum Gasteiger partial charge on any atom is -0.350 e. The number of thioether (sulfide) groups is 1. The number of amides is 1. The highest BCUT2D eigenvalue weighted by atomic mass is 32.2. The van der Waals surface area contributed by atoms with E-state index < -0.39 is 0 Å². The van der Waals surface area contributed by atoms with Gasteiger partial charge in [0.05, 0.1) is 6.54 Å². The van der Waals surface area contributed by atoms with Crippen molar-refractivity contribution >= 4 is 17.7 Å². The Morgan fingerprint density at radius 2 is 2.13 bits per heavy atom. The van der Waals surface area contributed by atoms with E-state index in [0.29, 0.717) is 17.8 Å². The fourth-order valence-electron chi connectivity index (χ4n) is 1.69. The molecule has 1 rings (SSSR count). The second kappa shape index (κ2) is 5.21. The topological polar surface area (TPSA) is 41.1 Å². The fraction of sp³-hybridized carbons (Fsp3) is 0.909. The Labute approximate surface area is 96.8 Å². The average molecular weight is 230 g/mol. The lowest BCUT2D eigenvalue weighted by Gasteiger charge is -2.22. The van der Waals surface area contributed by atoms with Crippen LogP contribution in [-0.4, -0.2) is 35.0 Å². The van der Waals surface area contributed by atoms with E-state index in [9.17, 15) is 4.79 Å². The molecule has 0 saturated carbocycles. The van der Waals surface area contributed by atoms with Gasteiger partial charge < -0.3 is 10.6 Å². The molecule has 88 valence electrons. The molecule has 0 radical (unpaired) electrons. The van der Waals surface area contributed by atoms with Crippen LogP contribution in [0.25, 0.3) is 0 Å². The van der Waals surface area contributed by atoms with Gasteiger partial charge in [-0.25, -0.2) is 0 Å². The lowest BCUT2D eigenvalue weighted by Crippen LogP contribution is -2.47. The van der Waals surface area contributed by atoms with Crippen LogP contribution in [0, 0.1) is 0 Å². The maximum atomic E-state index is 11.5. The molecule has 2 atom stereocenters. The summed E-state index contributed by atoms with van der Waals surface area (Å²) in [5.41, 5.74) is -0.130. The molecule has 4 heteroatoms. The van der Waals surface area contributed by atoms with E-state index in [-0.39, 0.29) is 11.4 Å². The molecule has 1 saturated heterocycles. The molecule has 15 heavy (non-hydrogen) atoms. The zero-order valence-electron chi connectivity index (χ0n) is 10.1. The van der Waals surface area contributed by atoms with E-state index in [1.165, 1.54) is 12.2 Å². The Morgan fingerprint density at radius 1 is 1.47 bits per heavy atom. The van der Waals surface area contributed by atoms with Crippen molar-refractivity contribution in [1.82, 2.24) is 10.6 Å². The Balaban J connectivity index is 2.22. The Hall–Kier alpha value is -0.220. The minimum absolute atomic E-state index is 0.0894. The highest BCUT2D eigenvalue weighted by molar-refractivity contribution is 8.00. The molecule has 1 amide bonds. The van der Waals surface area contributed by atoms with E-state index in [2.05, 4.69) is 17.6 Å². The summed E-state index contributed by atoms with van der Waals surface area (Å²) in [5.74, 6) is 1.30. The summed E-state index contributed by atoms with van der Waals surface area (Å²) in [7, 11) is 0. The van der Waals surface area contributed by atoms with Gasteiger partial charge in [0.15, 0.2) is 0 Å². The zero-order valence-corrected chi connectivity index (χ0v) is 10.9. The van der Waals surface area contributed by atoms with Crippen LogP contribution < -0.4 is 10.6 Å². The Kier molecular flexibility index (Phi) is 4.46. The molecule has 0 aliphatic carbocycles. The minimum atomic E-state index is -0.130. The average Bonchev–Trinajstić information content (AvgIpc) is 2.44. The van der Waals surface area contributed by atoms with Gasteiger partial charge in [0.1, 0.15) is 0 Å². The quantitative estimate of drug-likeness (QED) is 0.770. The van der Waals surface area contributed by atoms with Crippen LogP contribution in [-0.2, 0) is 4.79 Å². The molecule has 0 aromatic heterocycles. The molecule has 2 N–H and O–H groups in total. The molecule has 3 nitrogen and oxygen atoms in total. The van der Waals surface area contributed by atoms with Gasteiger partial charge in [0.25, 0.3) is 0 Å². The SMILES string of the molecule is CC1SCCC1NCC(=O)NC(C)(C)C. The van der Waals surface area contributed by atoms with E-state index in [1.807, 2.05) is 32.5 Å². The van der Waals surface area contributed by atoms with Gasteiger partial charge in [-0.15, -0.1) is 0 Å². The number of nitrogens with one attached hydrogen (secondary N) is 2. The summed E-state index contributed by atoms with van der Waals surface area (Å²) < 4.78 is 0. The van der Waals surface area contributed by atoms with Crippen LogP contribution in [0.5, 0.6) is 0 Å². The highest BCUT2D eigenvalue weighted by Gasteiger charge is 2.24. The largest absolute Gasteiger partial charge is 0.350 e. The fourth-order valence-corrected chi connectivity index (χ4v) is 2.91. The van der Waals surface area contributed by atoms with Gasteiger partial charge in [-0.1, -0.05) is 6.92 Å². The van der Waals surface area contributed by atoms with Crippen LogP contribution >= 0.6 is 11.8 Å². The zero-order chi connectivity index (χ0) is 11.5. The number of hydrogen-bond acceptors (Lipinski definition) is 3. The molecule has 0 spiro atoms. The third kappa shape index (κ3) is 4.89. The predicted octanol–water partition coefficient (Wildman–Crippen LogP) is 1.38. The van der Waals surface area contributed by atoms with Gasteiger partial charge in [0, 0.05) is 16.8 Å². The maximum Gasteiger partial charge on any atom is 0.234 e. The van der Waals surface area contributed by atoms with Crippen molar-refractivity contribution in [3.63, 3.8) is 0 Å². The molecule has 0 bridgehead atoms. The summed E-state index contributed by atoms with van der Waals surface area (Å²) in [6, 6.07) is 0.501. The van der Waals surface area contributed by atoms with Crippen LogP contribution in [0.4, 0.5) is 0 Å². The lowest BCUT2D eigenvalue weighted by atomic mass is 10.1. The molecule has 0 aromatic rings. The smallest absolute Gasteiger partial charge is 0.234 e. The van der Waals surface area contributed by atoms with Crippen LogP contribution in [0.2, 0.25) is 0 Å². The number of carbonyl (C=O) groups is 1. The van der Waals surface area contributed by atoms with E-state index in [1.54, 1.807) is 0 Å². The molecular formula is C11H22N2OS. The monoisotopic (exact) mass is 230 g/mol. The highest BCUT2D eigenvalue weighted by Crippen LogP contribution is 2.25. The first-order valence-electron chi connectivity index (χ1n) is 5.54. The molecule has 0 aromatic carbocycles. The summed E-state index contributed by atoms with van der Waals surface area (Å²) in [6.45, 7) is 8.65. The Morgan fingerprint density at radius 3 is 2.60 bits per heavy atom. The van der Waals surface area contributed by atoms with Crippen molar-refractivity contribution in [2.24, 2.45) is 0 Å². The van der Waals surface area contributed by atoms with Crippen LogP contribution in [0.3, 0.4) is 0 Å². The van der Waals surface area contributed by atoms with Crippen LogP contribution in [0.1, 0.15) is 34.1 Å². The van der Waals surface area contributed by atoms with Crippen molar-refractivity contribution < 1.29 is 4.79 Å². The summed E-state index contributed by atoms with van der Waals surface area (Å²) in [5, 5.41) is 6.90. The lowest BCUT2D eigenvalue weighted by molar-refractivity contribution is -0.121. The third-order valence-electron chi connectivity index (χ3n) is 2.42. The van der Waals surface area contributed by atoms with Gasteiger partial charge in [0.2, 0.25) is 5.91 Å². The normalized spacial score (nSPS) is 26.7. The molecular weight excluding hydrogens is 208 g/mol. The standard InChI is InChI=1S/C11H22N2OS/c1-8-9(5-6-15-8)12-7-10(14)13-11(2,3)4/h8-9,12H,5-7H2,1-4H3,(H,13,14). The molecule has 1 aliphatic heterocycles.